The number of hydrogen-bond donors (Lipinski definition) is 1. The van der Waals surface area contributed by atoms with E-state index in [1.165, 1.54) is 28.8 Å². The second-order valence-electron chi connectivity index (χ2n) is 6.74. The lowest BCUT2D eigenvalue weighted by atomic mass is 10.2. The van der Waals surface area contributed by atoms with Crippen LogP contribution in [0.3, 0.4) is 0 Å². The maximum absolute atomic E-state index is 13.5. The van der Waals surface area contributed by atoms with Gasteiger partial charge in [0.1, 0.15) is 15.5 Å². The van der Waals surface area contributed by atoms with Gasteiger partial charge < -0.3 is 5.32 Å². The number of carbonyl (C=O) groups excluding carboxylic acids is 1. The van der Waals surface area contributed by atoms with Crippen molar-refractivity contribution in [3.8, 4) is 0 Å². The van der Waals surface area contributed by atoms with Gasteiger partial charge in [0.25, 0.3) is 11.5 Å². The van der Waals surface area contributed by atoms with Crippen LogP contribution in [0.5, 0.6) is 0 Å². The SMILES string of the molecule is Cc1c(=O)n(Cc2cccc(F)c2)c(=O)n2cc(C(=O)NCc3cccnc3)sc12. The molecule has 0 saturated heterocycles. The Hall–Kier alpha value is -3.59. The largest absolute Gasteiger partial charge is 0.347 e. The molecule has 0 aliphatic carbocycles. The van der Waals surface area contributed by atoms with Crippen LogP contribution in [0.25, 0.3) is 4.83 Å². The Morgan fingerprint density at radius 3 is 2.73 bits per heavy atom. The molecule has 1 amide bonds. The fourth-order valence-electron chi connectivity index (χ4n) is 3.10. The van der Waals surface area contributed by atoms with Crippen molar-refractivity contribution in [3.63, 3.8) is 0 Å². The number of pyridine rings is 1. The first-order chi connectivity index (χ1) is 14.4. The summed E-state index contributed by atoms with van der Waals surface area (Å²) in [5.74, 6) is -0.794. The molecule has 7 nitrogen and oxygen atoms in total. The zero-order valence-electron chi connectivity index (χ0n) is 16.0. The average Bonchev–Trinajstić information content (AvgIpc) is 3.20. The molecule has 0 spiro atoms. The number of aryl methyl sites for hydroxylation is 1. The van der Waals surface area contributed by atoms with E-state index >= 15 is 0 Å². The number of nitrogens with one attached hydrogen (secondary N) is 1. The van der Waals surface area contributed by atoms with Crippen molar-refractivity contribution in [1.29, 1.82) is 0 Å². The van der Waals surface area contributed by atoms with Crippen LogP contribution in [-0.4, -0.2) is 19.9 Å². The zero-order chi connectivity index (χ0) is 21.3. The fraction of sp³-hybridized carbons (Fsp3) is 0.143. The molecule has 3 aromatic heterocycles. The number of nitrogens with zero attached hydrogens (tertiary/aromatic N) is 3. The molecule has 0 atom stereocenters. The van der Waals surface area contributed by atoms with Crippen molar-refractivity contribution in [2.24, 2.45) is 0 Å². The van der Waals surface area contributed by atoms with Gasteiger partial charge in [0.15, 0.2) is 0 Å². The summed E-state index contributed by atoms with van der Waals surface area (Å²) < 4.78 is 15.8. The van der Waals surface area contributed by atoms with Gasteiger partial charge in [0, 0.05) is 30.7 Å². The smallest absolute Gasteiger partial charge is 0.336 e. The van der Waals surface area contributed by atoms with Crippen LogP contribution >= 0.6 is 11.3 Å². The van der Waals surface area contributed by atoms with E-state index < -0.39 is 17.1 Å². The Morgan fingerprint density at radius 1 is 1.20 bits per heavy atom. The average molecular weight is 424 g/mol. The summed E-state index contributed by atoms with van der Waals surface area (Å²) in [6.45, 7) is 1.84. The molecule has 0 aliphatic heterocycles. The molecule has 4 rings (SSSR count). The Labute approximate surface area is 174 Å². The molecule has 3 heterocycles. The van der Waals surface area contributed by atoms with Crippen LogP contribution in [-0.2, 0) is 13.1 Å². The highest BCUT2D eigenvalue weighted by Gasteiger charge is 2.17. The van der Waals surface area contributed by atoms with E-state index in [0.29, 0.717) is 27.4 Å². The third kappa shape index (κ3) is 3.79. The van der Waals surface area contributed by atoms with Gasteiger partial charge in [0.2, 0.25) is 0 Å². The van der Waals surface area contributed by atoms with Gasteiger partial charge in [-0.05, 0) is 36.2 Å². The predicted octanol–water partition coefficient (Wildman–Crippen LogP) is 2.34. The maximum Gasteiger partial charge on any atom is 0.336 e. The number of amides is 1. The number of fused-ring (bicyclic) bond motifs is 1. The molecule has 4 aromatic rings. The van der Waals surface area contributed by atoms with Gasteiger partial charge >= 0.3 is 5.69 Å². The minimum absolute atomic E-state index is 0.0579. The van der Waals surface area contributed by atoms with E-state index in [1.54, 1.807) is 31.5 Å². The summed E-state index contributed by atoms with van der Waals surface area (Å²) in [4.78, 5) is 42.9. The molecule has 0 fully saturated rings. The van der Waals surface area contributed by atoms with Gasteiger partial charge in [-0.1, -0.05) is 18.2 Å². The number of rotatable bonds is 5. The lowest BCUT2D eigenvalue weighted by molar-refractivity contribution is 0.0954. The van der Waals surface area contributed by atoms with E-state index in [-0.39, 0.29) is 12.5 Å². The van der Waals surface area contributed by atoms with E-state index in [9.17, 15) is 18.8 Å². The van der Waals surface area contributed by atoms with Crippen LogP contribution in [0.15, 0.2) is 64.6 Å². The first-order valence-electron chi connectivity index (χ1n) is 9.11. The molecule has 0 aliphatic rings. The van der Waals surface area contributed by atoms with Crippen molar-refractivity contribution in [1.82, 2.24) is 19.3 Å². The lowest BCUT2D eigenvalue weighted by Crippen LogP contribution is -2.38. The quantitative estimate of drug-likeness (QED) is 0.533. The van der Waals surface area contributed by atoms with Crippen LogP contribution in [0.1, 0.15) is 26.4 Å². The van der Waals surface area contributed by atoms with Crippen molar-refractivity contribution in [3.05, 3.63) is 103 Å². The van der Waals surface area contributed by atoms with Crippen LogP contribution < -0.4 is 16.6 Å². The van der Waals surface area contributed by atoms with Gasteiger partial charge in [-0.25, -0.2) is 9.18 Å². The van der Waals surface area contributed by atoms with E-state index in [1.807, 2.05) is 6.07 Å². The van der Waals surface area contributed by atoms with E-state index in [4.69, 9.17) is 0 Å². The number of aromatic nitrogens is 3. The second kappa shape index (κ2) is 8.03. The Bertz CT molecular complexity index is 1360. The monoisotopic (exact) mass is 424 g/mol. The molecule has 0 unspecified atom stereocenters. The Balaban J connectivity index is 1.68. The molecular weight excluding hydrogens is 407 g/mol. The molecule has 0 radical (unpaired) electrons. The van der Waals surface area contributed by atoms with E-state index in [0.717, 1.165) is 21.5 Å². The van der Waals surface area contributed by atoms with Gasteiger partial charge in [-0.3, -0.25) is 23.5 Å². The van der Waals surface area contributed by atoms with Crippen molar-refractivity contribution in [2.75, 3.05) is 0 Å². The standard InChI is InChI=1S/C21H17FN4O3S/c1-13-19(28)25(11-14-4-2-6-16(22)8-14)21(29)26-12-17(30-20(13)26)18(27)24-10-15-5-3-7-23-9-15/h2-9,12H,10-11H2,1H3,(H,24,27). The van der Waals surface area contributed by atoms with Gasteiger partial charge in [0.05, 0.1) is 6.54 Å². The fourth-order valence-corrected chi connectivity index (χ4v) is 4.10. The molecule has 0 saturated carbocycles. The summed E-state index contributed by atoms with van der Waals surface area (Å²) in [6.07, 6.45) is 4.72. The summed E-state index contributed by atoms with van der Waals surface area (Å²) >= 11 is 1.07. The van der Waals surface area contributed by atoms with Crippen molar-refractivity contribution in [2.45, 2.75) is 20.0 Å². The van der Waals surface area contributed by atoms with E-state index in [2.05, 4.69) is 10.3 Å². The third-order valence-electron chi connectivity index (χ3n) is 4.62. The summed E-state index contributed by atoms with van der Waals surface area (Å²) in [5.41, 5.74) is 0.650. The minimum Gasteiger partial charge on any atom is -0.347 e. The molecule has 152 valence electrons. The first-order valence-corrected chi connectivity index (χ1v) is 9.93. The molecule has 1 N–H and O–H groups in total. The maximum atomic E-state index is 13.5. The number of carbonyl (C=O) groups is 1. The summed E-state index contributed by atoms with van der Waals surface area (Å²) in [7, 11) is 0. The summed E-state index contributed by atoms with van der Waals surface area (Å²) in [6, 6.07) is 9.35. The summed E-state index contributed by atoms with van der Waals surface area (Å²) in [5, 5.41) is 2.78. The molecule has 9 heteroatoms. The first kappa shape index (κ1) is 19.7. The molecule has 0 bridgehead atoms. The Kier molecular flexibility index (Phi) is 5.28. The number of hydrogen-bond acceptors (Lipinski definition) is 5. The Morgan fingerprint density at radius 2 is 2.00 bits per heavy atom. The number of benzene rings is 1. The highest BCUT2D eigenvalue weighted by atomic mass is 32.1. The molecule has 1 aromatic carbocycles. The highest BCUT2D eigenvalue weighted by molar-refractivity contribution is 7.19. The lowest BCUT2D eigenvalue weighted by Gasteiger charge is -2.07. The van der Waals surface area contributed by atoms with Crippen LogP contribution in [0.4, 0.5) is 4.39 Å². The molecular formula is C21H17FN4O3S. The number of halogens is 1. The van der Waals surface area contributed by atoms with Crippen molar-refractivity contribution >= 4 is 22.1 Å². The molecule has 30 heavy (non-hydrogen) atoms. The predicted molar refractivity (Wildman–Crippen MR) is 111 cm³/mol. The minimum atomic E-state index is -0.576. The normalized spacial score (nSPS) is 11.0. The van der Waals surface area contributed by atoms with Gasteiger partial charge in [-0.2, -0.15) is 0 Å². The van der Waals surface area contributed by atoms with Crippen molar-refractivity contribution < 1.29 is 9.18 Å². The third-order valence-corrected chi connectivity index (χ3v) is 5.83. The second-order valence-corrected chi connectivity index (χ2v) is 7.77. The van der Waals surface area contributed by atoms with Crippen LogP contribution in [0.2, 0.25) is 0 Å². The highest BCUT2D eigenvalue weighted by Crippen LogP contribution is 2.18. The zero-order valence-corrected chi connectivity index (χ0v) is 16.8. The van der Waals surface area contributed by atoms with Gasteiger partial charge in [-0.15, -0.1) is 11.3 Å². The number of thiazole rings is 1. The topological polar surface area (TPSA) is 85.5 Å². The van der Waals surface area contributed by atoms with Crippen LogP contribution in [0, 0.1) is 12.7 Å².